The van der Waals surface area contributed by atoms with Crippen LogP contribution in [0.5, 0.6) is 0 Å². The maximum absolute atomic E-state index is 2.60. The van der Waals surface area contributed by atoms with E-state index in [9.17, 15) is 0 Å². The van der Waals surface area contributed by atoms with Crippen LogP contribution in [0.15, 0.2) is 24.3 Å². The summed E-state index contributed by atoms with van der Waals surface area (Å²) in [6.07, 6.45) is 20.9. The first-order valence-corrected chi connectivity index (χ1v) is 17.7. The van der Waals surface area contributed by atoms with E-state index < -0.39 is 0 Å². The van der Waals surface area contributed by atoms with Crippen LogP contribution < -0.4 is 0 Å². The van der Waals surface area contributed by atoms with E-state index in [0.717, 1.165) is 45.8 Å². The average Bonchev–Trinajstić information content (AvgIpc) is 2.85. The van der Waals surface area contributed by atoms with E-state index in [2.05, 4.69) is 45.0 Å². The van der Waals surface area contributed by atoms with Crippen molar-refractivity contribution >= 4 is 7.92 Å². The summed E-state index contributed by atoms with van der Waals surface area (Å²) in [5.74, 6) is 6.59. The Kier molecular flexibility index (Phi) is 6.22. The third-order valence-corrected chi connectivity index (χ3v) is 17.1. The molecule has 36 heavy (non-hydrogen) atoms. The number of hydrogen-bond donors (Lipinski definition) is 0. The van der Waals surface area contributed by atoms with Crippen molar-refractivity contribution in [1.82, 2.24) is 0 Å². The van der Waals surface area contributed by atoms with Gasteiger partial charge in [-0.1, -0.05) is 32.2 Å². The minimum Gasteiger partial charge on any atom is -0.321 e. The molecular formula is C34H53NP+. The Hall–Kier alpha value is -0.390. The van der Waals surface area contributed by atoms with E-state index in [1.807, 2.05) is 0 Å². The average molecular weight is 507 g/mol. The van der Waals surface area contributed by atoms with Gasteiger partial charge in [-0.3, -0.25) is 0 Å². The van der Waals surface area contributed by atoms with Gasteiger partial charge in [-0.2, -0.15) is 0 Å². The van der Waals surface area contributed by atoms with Gasteiger partial charge in [0.15, 0.2) is 0 Å². The zero-order valence-corrected chi connectivity index (χ0v) is 24.6. The first-order valence-electron chi connectivity index (χ1n) is 16.1. The Labute approximate surface area is 223 Å². The Morgan fingerprint density at radius 1 is 0.583 bits per heavy atom. The molecule has 1 aromatic carbocycles. The highest BCUT2D eigenvalue weighted by Gasteiger charge is 2.62. The highest BCUT2D eigenvalue weighted by atomic mass is 31.1. The molecule has 1 nitrogen and oxygen atoms in total. The lowest BCUT2D eigenvalue weighted by Gasteiger charge is -2.67. The van der Waals surface area contributed by atoms with Crippen molar-refractivity contribution in [2.45, 2.75) is 121 Å². The van der Waals surface area contributed by atoms with Gasteiger partial charge in [0, 0.05) is 5.56 Å². The zero-order chi connectivity index (χ0) is 24.5. The van der Waals surface area contributed by atoms with Crippen LogP contribution in [0, 0.1) is 35.5 Å². The molecule has 0 unspecified atom stereocenters. The fourth-order valence-corrected chi connectivity index (χ4v) is 17.1. The fraction of sp³-hybridized carbons (Fsp3) is 0.824. The lowest BCUT2D eigenvalue weighted by Crippen LogP contribution is -2.56. The molecule has 0 aliphatic heterocycles. The van der Waals surface area contributed by atoms with Crippen LogP contribution in [-0.2, 0) is 12.7 Å². The standard InChI is InChI=1S/C34H53NP/c1-4-35(5-2,6-3)23-25-7-9-26(10-8-25)24-36(33-17-27-11-28(18-33)13-29(12-27)19-33)34-20-30-14-31(21-34)16-32(15-30)22-34/h7-10,27-32H,4-6,11-24H2,1-3H3/q+1. The topological polar surface area (TPSA) is 0 Å². The summed E-state index contributed by atoms with van der Waals surface area (Å²) in [4.78, 5) is 0. The third-order valence-electron chi connectivity index (χ3n) is 13.1. The molecule has 198 valence electrons. The summed E-state index contributed by atoms with van der Waals surface area (Å²) < 4.78 is 1.23. The van der Waals surface area contributed by atoms with E-state index in [0.29, 0.717) is 0 Å². The van der Waals surface area contributed by atoms with E-state index in [1.54, 1.807) is 88.2 Å². The molecule has 8 aliphatic carbocycles. The third kappa shape index (κ3) is 4.08. The quantitative estimate of drug-likeness (QED) is 0.232. The molecule has 0 amide bonds. The largest absolute Gasteiger partial charge is 0.321 e. The molecule has 8 aliphatic rings. The fourth-order valence-electron chi connectivity index (χ4n) is 12.0. The SMILES string of the molecule is CC[N+](CC)(CC)Cc1ccc(CP(C23CC4CC(CC(C4)C2)C3)C23CC4CC(CC(C4)C2)C3)cc1. The molecule has 0 radical (unpaired) electrons. The van der Waals surface area contributed by atoms with Gasteiger partial charge in [0.25, 0.3) is 0 Å². The van der Waals surface area contributed by atoms with Gasteiger partial charge in [0.2, 0.25) is 0 Å². The second-order valence-electron chi connectivity index (χ2n) is 15.1. The Bertz CT molecular complexity index is 820. The number of hydrogen-bond acceptors (Lipinski definition) is 0. The van der Waals surface area contributed by atoms with Crippen molar-refractivity contribution in [3.8, 4) is 0 Å². The maximum atomic E-state index is 2.60. The Morgan fingerprint density at radius 2 is 0.917 bits per heavy atom. The number of quaternary nitrogens is 1. The summed E-state index contributed by atoms with van der Waals surface area (Å²) in [6, 6.07) is 10.3. The molecule has 0 spiro atoms. The second kappa shape index (κ2) is 9.08. The lowest BCUT2D eigenvalue weighted by molar-refractivity contribution is -0.936. The Morgan fingerprint density at radius 3 is 1.25 bits per heavy atom. The van der Waals surface area contributed by atoms with Gasteiger partial charge in [0.05, 0.1) is 19.6 Å². The van der Waals surface area contributed by atoms with Crippen LogP contribution in [-0.4, -0.2) is 34.4 Å². The number of nitrogens with zero attached hydrogens (tertiary/aromatic N) is 1. The van der Waals surface area contributed by atoms with Crippen LogP contribution in [0.2, 0.25) is 0 Å². The first kappa shape index (κ1) is 24.6. The number of rotatable bonds is 9. The first-order chi connectivity index (χ1) is 17.4. The van der Waals surface area contributed by atoms with Crippen molar-refractivity contribution in [1.29, 1.82) is 0 Å². The lowest BCUT2D eigenvalue weighted by atomic mass is 9.55. The van der Waals surface area contributed by atoms with Crippen LogP contribution in [0.25, 0.3) is 0 Å². The molecule has 0 atom stereocenters. The predicted molar refractivity (Wildman–Crippen MR) is 154 cm³/mol. The van der Waals surface area contributed by atoms with Gasteiger partial charge in [-0.05, 0) is 155 Å². The van der Waals surface area contributed by atoms with Crippen LogP contribution in [0.3, 0.4) is 0 Å². The van der Waals surface area contributed by atoms with Crippen molar-refractivity contribution in [2.75, 3.05) is 19.6 Å². The molecule has 8 saturated carbocycles. The molecule has 0 saturated heterocycles. The maximum Gasteiger partial charge on any atom is 0.104 e. The minimum absolute atomic E-state index is 0.0652. The van der Waals surface area contributed by atoms with Gasteiger partial charge in [-0.15, -0.1) is 0 Å². The predicted octanol–water partition coefficient (Wildman–Crippen LogP) is 8.98. The van der Waals surface area contributed by atoms with Gasteiger partial charge < -0.3 is 4.48 Å². The molecule has 8 bridgehead atoms. The van der Waals surface area contributed by atoms with E-state index in [1.165, 1.54) is 36.8 Å². The molecule has 9 rings (SSSR count). The molecule has 8 fully saturated rings. The minimum atomic E-state index is 0.0652. The summed E-state index contributed by atoms with van der Waals surface area (Å²) in [6.45, 7) is 12.1. The van der Waals surface area contributed by atoms with Crippen molar-refractivity contribution in [2.24, 2.45) is 35.5 Å². The molecule has 2 heteroatoms. The summed E-state index contributed by atoms with van der Waals surface area (Å²) in [5.41, 5.74) is 3.28. The van der Waals surface area contributed by atoms with E-state index in [-0.39, 0.29) is 7.92 Å². The van der Waals surface area contributed by atoms with Crippen LogP contribution >= 0.6 is 7.92 Å². The van der Waals surface area contributed by atoms with Gasteiger partial charge >= 0.3 is 0 Å². The van der Waals surface area contributed by atoms with Gasteiger partial charge in [0.1, 0.15) is 6.54 Å². The summed E-state index contributed by atoms with van der Waals surface area (Å²) in [7, 11) is 0.0652. The molecular weight excluding hydrogens is 453 g/mol. The molecule has 0 aromatic heterocycles. The van der Waals surface area contributed by atoms with E-state index in [4.69, 9.17) is 0 Å². The zero-order valence-electron chi connectivity index (χ0n) is 23.7. The van der Waals surface area contributed by atoms with Crippen molar-refractivity contribution < 1.29 is 4.48 Å². The molecule has 1 aromatic rings. The van der Waals surface area contributed by atoms with Crippen molar-refractivity contribution in [3.63, 3.8) is 0 Å². The smallest absolute Gasteiger partial charge is 0.104 e. The summed E-state index contributed by atoms with van der Waals surface area (Å²) in [5, 5.41) is 1.51. The second-order valence-corrected chi connectivity index (χ2v) is 18.2. The monoisotopic (exact) mass is 506 g/mol. The highest BCUT2D eigenvalue weighted by Crippen LogP contribution is 2.79. The van der Waals surface area contributed by atoms with Crippen LogP contribution in [0.4, 0.5) is 0 Å². The normalized spacial score (nSPS) is 43.3. The number of benzene rings is 1. The highest BCUT2D eigenvalue weighted by molar-refractivity contribution is 7.60. The van der Waals surface area contributed by atoms with Crippen LogP contribution in [0.1, 0.15) is 109 Å². The van der Waals surface area contributed by atoms with Crippen molar-refractivity contribution in [3.05, 3.63) is 35.4 Å². The molecule has 0 N–H and O–H groups in total. The summed E-state index contributed by atoms with van der Waals surface area (Å²) >= 11 is 0. The molecule has 0 heterocycles. The van der Waals surface area contributed by atoms with Gasteiger partial charge in [-0.25, -0.2) is 0 Å². The Balaban J connectivity index is 1.20. The van der Waals surface area contributed by atoms with E-state index >= 15 is 0 Å².